The van der Waals surface area contributed by atoms with Crippen molar-refractivity contribution in [3.05, 3.63) is 132 Å². The van der Waals surface area contributed by atoms with E-state index in [0.717, 1.165) is 70.1 Å². The van der Waals surface area contributed by atoms with Crippen LogP contribution < -0.4 is 26.3 Å². The number of aliphatic carboxylic acids is 1. The summed E-state index contributed by atoms with van der Waals surface area (Å²) in [4.78, 5) is 36.6. The third kappa shape index (κ3) is 12.3. The fraction of sp³-hybridized carbons (Fsp3) is 0.261. The number of amides is 1. The van der Waals surface area contributed by atoms with Crippen LogP contribution >= 0.6 is 23.2 Å². The number of nitrogens with two attached hydrogens (primary N) is 2. The quantitative estimate of drug-likeness (QED) is 0.0236. The van der Waals surface area contributed by atoms with Crippen molar-refractivity contribution in [3.63, 3.8) is 0 Å². The van der Waals surface area contributed by atoms with Crippen molar-refractivity contribution in [2.24, 2.45) is 0 Å². The molecule has 9 nitrogen and oxygen atoms in total. The molecule has 0 aliphatic carbocycles. The Bertz CT molecular complexity index is 2390. The Morgan fingerprint density at radius 2 is 1.30 bits per heavy atom. The number of carboxylic acid groups (broad SMARTS) is 1. The molecule has 6 N–H and O–H groups in total. The number of hydrogen-bond acceptors (Lipinski definition) is 6. The van der Waals surface area contributed by atoms with Gasteiger partial charge in [0, 0.05) is 89.4 Å². The minimum atomic E-state index is -5.08. The van der Waals surface area contributed by atoms with Crippen LogP contribution in [0.25, 0.3) is 32.9 Å². The van der Waals surface area contributed by atoms with Crippen LogP contribution in [0.3, 0.4) is 0 Å². The van der Waals surface area contributed by atoms with Crippen molar-refractivity contribution >= 4 is 79.6 Å². The molecule has 6 aromatic rings. The predicted octanol–water partition coefficient (Wildman–Crippen LogP) is 9.18. The Morgan fingerprint density at radius 3 is 1.92 bits per heavy atom. The third-order valence-electron chi connectivity index (χ3n) is 9.87. The zero-order valence-electron chi connectivity index (χ0n) is 32.9. The van der Waals surface area contributed by atoms with Crippen LogP contribution in [0.1, 0.15) is 47.2 Å². The van der Waals surface area contributed by atoms with Gasteiger partial charge in [-0.2, -0.15) is 17.7 Å². The molecule has 0 radical (unpaired) electrons. The molecule has 6 rings (SSSR count). The van der Waals surface area contributed by atoms with Gasteiger partial charge in [0.25, 0.3) is 5.91 Å². The highest BCUT2D eigenvalue weighted by Gasteiger charge is 2.38. The average molecular weight is 862 g/mol. The minimum Gasteiger partial charge on any atom is -0.475 e. The molecule has 60 heavy (non-hydrogen) atoms. The number of aryl methyl sites for hydroxylation is 1. The Labute approximate surface area is 356 Å². The van der Waals surface area contributed by atoms with Gasteiger partial charge in [0.15, 0.2) is 6.54 Å². The van der Waals surface area contributed by atoms with Gasteiger partial charge >= 0.3 is 12.1 Å². The van der Waals surface area contributed by atoms with E-state index >= 15 is 0 Å². The number of fused-ring (bicyclic) bond motifs is 3. The fourth-order valence-corrected chi connectivity index (χ4v) is 7.33. The molecule has 14 heteroatoms. The molecule has 5 aromatic carbocycles. The van der Waals surface area contributed by atoms with Gasteiger partial charge in [-0.15, -0.1) is 23.2 Å². The molecule has 0 aliphatic heterocycles. The van der Waals surface area contributed by atoms with Crippen LogP contribution in [0, 0.1) is 0 Å². The van der Waals surface area contributed by atoms with Gasteiger partial charge in [0.2, 0.25) is 11.2 Å². The standard InChI is InChI=1S/C44H45Cl2N5O2.C2HF3O2/c45-23-26-50(27-24-46)37-19-13-31(14-20-37)6-4-9-38(52)10-5-25-49-44(53)34-15-11-32(12-16-34)30-51-42-29-36(48)18-22-40(42)39-21-17-35(47)28-41(39)43(51)33-7-2-1-3-8-33;3-2(4,5)1(6)7/h1-3,7-8,11-22,28-29,48H,4-6,9-10,23-27,30,47H2,(H,49,53);(H,6,7)/p+1. The maximum absolute atomic E-state index is 13.0. The van der Waals surface area contributed by atoms with Crippen molar-refractivity contribution in [2.45, 2.75) is 44.8 Å². The summed E-state index contributed by atoms with van der Waals surface area (Å²) < 4.78 is 34.0. The summed E-state index contributed by atoms with van der Waals surface area (Å²) in [5, 5.41) is 13.4. The summed E-state index contributed by atoms with van der Waals surface area (Å²) in [5.74, 6) is -1.60. The minimum absolute atomic E-state index is 0.153. The highest BCUT2D eigenvalue weighted by molar-refractivity contribution is 6.18. The van der Waals surface area contributed by atoms with Crippen molar-refractivity contribution in [2.75, 3.05) is 47.8 Å². The van der Waals surface area contributed by atoms with Gasteiger partial charge in [-0.1, -0.05) is 48.5 Å². The van der Waals surface area contributed by atoms with Crippen LogP contribution in [0.2, 0.25) is 0 Å². The van der Waals surface area contributed by atoms with Crippen molar-refractivity contribution in [3.8, 4) is 11.3 Å². The van der Waals surface area contributed by atoms with Crippen LogP contribution in [0.15, 0.2) is 115 Å². The number of rotatable bonds is 17. The number of nitrogens with one attached hydrogen (secondary N) is 1. The molecule has 1 amide bonds. The molecule has 0 aliphatic rings. The summed E-state index contributed by atoms with van der Waals surface area (Å²) in [5.41, 5.74) is 21.1. The predicted molar refractivity (Wildman–Crippen MR) is 235 cm³/mol. The lowest BCUT2D eigenvalue weighted by Crippen LogP contribution is -2.38. The number of carbonyl (C=O) groups is 3. The first-order valence-electron chi connectivity index (χ1n) is 19.4. The summed E-state index contributed by atoms with van der Waals surface area (Å²) in [7, 11) is 0. The second kappa shape index (κ2) is 21.4. The molecular weight excluding hydrogens is 814 g/mol. The number of halogens is 5. The zero-order valence-corrected chi connectivity index (χ0v) is 34.4. The Kier molecular flexibility index (Phi) is 16.1. The number of benzene rings is 5. The molecule has 0 atom stereocenters. The lowest BCUT2D eigenvalue weighted by molar-refractivity contribution is -0.650. The molecule has 1 heterocycles. The van der Waals surface area contributed by atoms with Crippen molar-refractivity contribution in [1.82, 2.24) is 5.32 Å². The van der Waals surface area contributed by atoms with Crippen LogP contribution in [-0.2, 0) is 22.6 Å². The van der Waals surface area contributed by atoms with Gasteiger partial charge in [-0.3, -0.25) is 9.59 Å². The lowest BCUT2D eigenvalue weighted by atomic mass is 9.97. The second-order valence-corrected chi connectivity index (χ2v) is 14.9. The molecule has 0 spiro atoms. The number of pyridine rings is 1. The van der Waals surface area contributed by atoms with Gasteiger partial charge in [-0.25, -0.2) is 4.79 Å². The Morgan fingerprint density at radius 1 is 0.717 bits per heavy atom. The number of nitrogen functional groups attached to an aromatic ring is 2. The number of hydrogen-bond donors (Lipinski definition) is 4. The SMILES string of the molecule is Nc1ccc2c(c1)c(-c1ccccc1)[n+](Cc1ccc(C(=O)NCCCC(=O)CCCc3ccc(N(CCCl)CCCl)cc3)cc1)c1cc(N)ccc21.O=C(O)C(F)(F)F. The second-order valence-electron chi connectivity index (χ2n) is 14.2. The Hall–Kier alpha value is -5.85. The van der Waals surface area contributed by atoms with E-state index in [0.29, 0.717) is 61.1 Å². The van der Waals surface area contributed by atoms with Gasteiger partial charge in [0.05, 0.1) is 10.8 Å². The molecule has 0 fully saturated rings. The average Bonchev–Trinajstić information content (AvgIpc) is 3.23. The maximum Gasteiger partial charge on any atom is 0.490 e. The number of anilines is 3. The fourth-order valence-electron chi connectivity index (χ4n) is 6.93. The Balaban J connectivity index is 0.000000896. The summed E-state index contributed by atoms with van der Waals surface area (Å²) >= 11 is 11.9. The summed E-state index contributed by atoms with van der Waals surface area (Å²) in [6, 6.07) is 38.4. The molecular formula is C46H47Cl2F3N5O4+. The van der Waals surface area contributed by atoms with Crippen LogP contribution in [-0.4, -0.2) is 60.3 Å². The highest BCUT2D eigenvalue weighted by atomic mass is 35.5. The number of carboxylic acids is 1. The topological polar surface area (TPSA) is 143 Å². The first-order chi connectivity index (χ1) is 28.8. The molecule has 0 bridgehead atoms. The van der Waals surface area contributed by atoms with E-state index in [9.17, 15) is 22.8 Å². The number of alkyl halides is 5. The number of Topliss-reactive ketones (excluding diaryl/α,β-unsaturated/α-hetero) is 1. The smallest absolute Gasteiger partial charge is 0.475 e. The molecule has 0 unspecified atom stereocenters. The van der Waals surface area contributed by atoms with Gasteiger partial charge in [0.1, 0.15) is 5.78 Å². The van der Waals surface area contributed by atoms with Crippen LogP contribution in [0.5, 0.6) is 0 Å². The van der Waals surface area contributed by atoms with E-state index in [1.54, 1.807) is 0 Å². The molecule has 0 saturated carbocycles. The first-order valence-corrected chi connectivity index (χ1v) is 20.5. The van der Waals surface area contributed by atoms with E-state index in [1.807, 2.05) is 66.7 Å². The summed E-state index contributed by atoms with van der Waals surface area (Å²) in [6.45, 7) is 2.51. The highest BCUT2D eigenvalue weighted by Crippen LogP contribution is 2.33. The maximum atomic E-state index is 13.0. The zero-order chi connectivity index (χ0) is 43.2. The van der Waals surface area contributed by atoms with E-state index in [2.05, 4.69) is 63.3 Å². The number of aromatic nitrogens is 1. The molecule has 0 saturated heterocycles. The first kappa shape index (κ1) is 45.2. The van der Waals surface area contributed by atoms with Gasteiger partial charge in [-0.05, 0) is 85.5 Å². The number of carbonyl (C=O) groups excluding carboxylic acids is 2. The monoisotopic (exact) mass is 860 g/mol. The van der Waals surface area contributed by atoms with Gasteiger partial charge < -0.3 is 26.8 Å². The normalized spacial score (nSPS) is 11.2. The summed E-state index contributed by atoms with van der Waals surface area (Å²) in [6.07, 6.45) is -1.86. The van der Waals surface area contributed by atoms with E-state index in [4.69, 9.17) is 44.6 Å². The molecule has 314 valence electrons. The number of ketones is 1. The lowest BCUT2D eigenvalue weighted by Gasteiger charge is -2.23. The van der Waals surface area contributed by atoms with E-state index < -0.39 is 12.1 Å². The third-order valence-corrected chi connectivity index (χ3v) is 10.2. The van der Waals surface area contributed by atoms with Crippen molar-refractivity contribution < 1.29 is 37.2 Å². The van der Waals surface area contributed by atoms with Crippen molar-refractivity contribution in [1.29, 1.82) is 0 Å². The largest absolute Gasteiger partial charge is 0.490 e. The van der Waals surface area contributed by atoms with E-state index in [-0.39, 0.29) is 11.7 Å². The van der Waals surface area contributed by atoms with Crippen LogP contribution in [0.4, 0.5) is 30.2 Å². The van der Waals surface area contributed by atoms with E-state index in [1.165, 1.54) is 5.56 Å². The number of nitrogens with zero attached hydrogens (tertiary/aromatic N) is 2. The molecule has 1 aromatic heterocycles.